The lowest BCUT2D eigenvalue weighted by atomic mass is 9.77. The van der Waals surface area contributed by atoms with Crippen LogP contribution in [0.1, 0.15) is 166 Å². The zero-order valence-corrected chi connectivity index (χ0v) is 57.6. The first-order valence-electron chi connectivity index (χ1n) is 32.9. The summed E-state index contributed by atoms with van der Waals surface area (Å²) in [6.07, 6.45) is 3.26. The second kappa shape index (κ2) is 26.9. The molecular weight excluding hydrogens is 1220 g/mol. The Bertz CT molecular complexity index is 3760. The summed E-state index contributed by atoms with van der Waals surface area (Å²) in [5, 5.41) is 20.0. The molecule has 0 bridgehead atoms. The van der Waals surface area contributed by atoms with E-state index >= 15 is 4.79 Å². The lowest BCUT2D eigenvalue weighted by Crippen LogP contribution is -2.58. The Morgan fingerprint density at radius 1 is 0.613 bits per heavy atom. The van der Waals surface area contributed by atoms with Crippen LogP contribution in [0.25, 0.3) is 22.1 Å². The van der Waals surface area contributed by atoms with Gasteiger partial charge in [-0.1, -0.05) is 127 Å². The van der Waals surface area contributed by atoms with E-state index in [0.717, 1.165) is 24.0 Å². The lowest BCUT2D eigenvalue weighted by Gasteiger charge is -2.36. The van der Waals surface area contributed by atoms with Crippen molar-refractivity contribution in [1.29, 1.82) is 0 Å². The van der Waals surface area contributed by atoms with Crippen LogP contribution >= 0.6 is 23.2 Å². The summed E-state index contributed by atoms with van der Waals surface area (Å²) in [6.45, 7) is 24.2. The van der Waals surface area contributed by atoms with Crippen LogP contribution in [0, 0.1) is 27.6 Å². The molecule has 22 heteroatoms. The van der Waals surface area contributed by atoms with Gasteiger partial charge in [0.05, 0.1) is 58.2 Å². The zero-order chi connectivity index (χ0) is 67.2. The number of carbonyl (C=O) groups is 6. The minimum absolute atomic E-state index is 0.0940. The molecule has 2 aliphatic heterocycles. The van der Waals surface area contributed by atoms with E-state index < -0.39 is 57.2 Å². The van der Waals surface area contributed by atoms with E-state index in [1.807, 2.05) is 152 Å². The van der Waals surface area contributed by atoms with Crippen LogP contribution in [0.2, 0.25) is 10.0 Å². The summed E-state index contributed by atoms with van der Waals surface area (Å²) in [5.41, 5.74) is 1.47. The monoisotopic (exact) mass is 1310 g/mol. The van der Waals surface area contributed by atoms with Crippen molar-refractivity contribution in [2.75, 3.05) is 66.7 Å². The van der Waals surface area contributed by atoms with Gasteiger partial charge in [0.2, 0.25) is 23.6 Å². The van der Waals surface area contributed by atoms with Gasteiger partial charge in [0.25, 0.3) is 0 Å². The van der Waals surface area contributed by atoms with E-state index in [2.05, 4.69) is 55.7 Å². The van der Waals surface area contributed by atoms with Crippen molar-refractivity contribution >= 4 is 81.0 Å². The van der Waals surface area contributed by atoms with Crippen LogP contribution in [0.15, 0.2) is 84.9 Å². The minimum atomic E-state index is -1.11. The molecular formula is C71H94Cl2N12O8. The maximum atomic E-state index is 15.5. The number of aromatic amines is 2. The van der Waals surface area contributed by atoms with Gasteiger partial charge in [-0.2, -0.15) is 0 Å². The number of hydrogen-bond donors (Lipinski definition) is 8. The quantitative estimate of drug-likeness (QED) is 0.0301. The Balaban J connectivity index is 0.975. The number of H-pyrrole nitrogens is 2. The number of halogens is 2. The van der Waals surface area contributed by atoms with E-state index in [0.29, 0.717) is 114 Å². The third-order valence-electron chi connectivity index (χ3n) is 20.3. The van der Waals surface area contributed by atoms with Gasteiger partial charge in [-0.15, -0.1) is 0 Å². The summed E-state index contributed by atoms with van der Waals surface area (Å²) in [7, 11) is 3.37. The number of rotatable bonds is 23. The zero-order valence-electron chi connectivity index (χ0n) is 56.1. The van der Waals surface area contributed by atoms with Crippen molar-refractivity contribution in [2.45, 2.75) is 155 Å². The Kier molecular flexibility index (Phi) is 19.8. The molecule has 2 saturated heterocycles. The van der Waals surface area contributed by atoms with Crippen LogP contribution in [-0.4, -0.2) is 144 Å². The molecule has 500 valence electrons. The highest BCUT2D eigenvalue weighted by Gasteiger charge is 2.60. The molecule has 0 radical (unpaired) electrons. The first kappa shape index (κ1) is 68.6. The highest BCUT2D eigenvalue weighted by atomic mass is 35.5. The summed E-state index contributed by atoms with van der Waals surface area (Å²) < 4.78 is 11.9. The molecule has 4 aromatic carbocycles. The lowest BCUT2D eigenvalue weighted by molar-refractivity contribution is -0.134. The summed E-state index contributed by atoms with van der Waals surface area (Å²) >= 11 is 14.4. The highest BCUT2D eigenvalue weighted by molar-refractivity contribution is 6.31. The SMILES string of the molecule is CCNC(=O)[C@H](NC(=O)C1(c2ccc3nc([C@@H](NC(=O)N(CC)CC4CC4(C)[C@@H](c4ccccc4Cl)[C@H](NC(=O)N(C)C)c4nc5ccc(C6(C(=O)N[C@@H](C(=O)NCC)C(C)(C)C)CCOC6)cc5[nH]4)[C@H](c4ccccc4Cl)C4(C)CC4)[nH]c3c2)CCOC1)C(C)(C)C. The van der Waals surface area contributed by atoms with Crippen molar-refractivity contribution in [2.24, 2.45) is 27.6 Å². The van der Waals surface area contributed by atoms with Crippen LogP contribution in [0.4, 0.5) is 9.59 Å². The molecule has 6 aromatic rings. The number of amides is 8. The number of imidazole rings is 2. The molecule has 2 saturated carbocycles. The Hall–Kier alpha value is -7.26. The topological polar surface area (TPSA) is 257 Å². The van der Waals surface area contributed by atoms with E-state index in [1.54, 1.807) is 14.1 Å². The normalized spacial score (nSPS) is 22.8. The fraction of sp³-hybridized carbons (Fsp3) is 0.549. The first-order valence-corrected chi connectivity index (χ1v) is 33.6. The standard InChI is InChI=1S/C71H94Cl2N12O8/c1-14-74-60(86)56(66(4,5)6)82-62(88)70(31-33-92-39-70)41-25-27-48-50(35-41)78-58(76-48)54(52(68(10)29-30-68)44-21-17-19-23-46(44)72)81-65(91)85(16-3)38-43-37-69(43,11)53(45-22-18-20-24-47(45)73)55(80-64(90)84(12)13)59-77-49-28-26-42(36-51(49)79-59)71(32-34-93-40-71)63(89)83-57(67(7,8)9)61(87)75-15-2/h17-28,35-36,43,52-57H,14-16,29-34,37-40H2,1-13H3,(H,74,86)(H,75,87)(H,76,78)(H,77,79)(H,80,90)(H,81,91)(H,82,88)(H,83,89)/t43?,52-,53-,54-,55-,56-,57-,69?,70?,71?/m0/s1. The summed E-state index contributed by atoms with van der Waals surface area (Å²) in [5.74, 6) is -1.00. The fourth-order valence-corrected chi connectivity index (χ4v) is 14.8. The number of carbonyl (C=O) groups excluding carboxylic acids is 6. The smallest absolute Gasteiger partial charge is 0.318 e. The van der Waals surface area contributed by atoms with Gasteiger partial charge in [0.15, 0.2) is 0 Å². The molecule has 4 heterocycles. The van der Waals surface area contributed by atoms with Crippen LogP contribution < -0.4 is 31.9 Å². The predicted molar refractivity (Wildman–Crippen MR) is 362 cm³/mol. The van der Waals surface area contributed by atoms with Crippen molar-refractivity contribution in [1.82, 2.24) is 61.6 Å². The molecule has 2 aliphatic carbocycles. The van der Waals surface area contributed by atoms with E-state index in [4.69, 9.17) is 42.6 Å². The minimum Gasteiger partial charge on any atom is -0.380 e. The maximum absolute atomic E-state index is 15.5. The van der Waals surface area contributed by atoms with Gasteiger partial charge in [0.1, 0.15) is 23.7 Å². The summed E-state index contributed by atoms with van der Waals surface area (Å²) in [6, 6.07) is 23.1. The number of nitrogens with zero attached hydrogens (tertiary/aromatic N) is 4. The molecule has 8 amide bonds. The Morgan fingerprint density at radius 3 is 1.45 bits per heavy atom. The third kappa shape index (κ3) is 13.8. The highest BCUT2D eigenvalue weighted by Crippen LogP contribution is 2.65. The van der Waals surface area contributed by atoms with Gasteiger partial charge in [-0.05, 0) is 139 Å². The molecule has 8 N–H and O–H groups in total. The average molecular weight is 1310 g/mol. The summed E-state index contributed by atoms with van der Waals surface area (Å²) in [4.78, 5) is 107. The van der Waals surface area contributed by atoms with E-state index in [9.17, 15) is 24.0 Å². The number of likely N-dealkylation sites (N-methyl/N-ethyl adjacent to an activating group) is 2. The number of ether oxygens (including phenoxy) is 2. The van der Waals surface area contributed by atoms with Gasteiger partial charge in [0, 0.05) is 75.4 Å². The number of nitrogens with one attached hydrogen (secondary N) is 8. The Labute approximate surface area is 556 Å². The van der Waals surface area contributed by atoms with Gasteiger partial charge >= 0.3 is 12.1 Å². The van der Waals surface area contributed by atoms with Crippen molar-refractivity contribution in [3.05, 3.63) is 129 Å². The second-order valence-corrected chi connectivity index (χ2v) is 30.0. The number of aromatic nitrogens is 4. The predicted octanol–water partition coefficient (Wildman–Crippen LogP) is 10.9. The molecule has 93 heavy (non-hydrogen) atoms. The number of fused-ring (bicyclic) bond motifs is 2. The molecule has 2 aromatic heterocycles. The number of benzene rings is 4. The van der Waals surface area contributed by atoms with Crippen molar-refractivity contribution in [3.8, 4) is 0 Å². The average Bonchev–Trinajstić information content (AvgIpc) is 1.58. The van der Waals surface area contributed by atoms with Gasteiger partial charge in [-0.3, -0.25) is 19.2 Å². The molecule has 4 unspecified atom stereocenters. The van der Waals surface area contributed by atoms with Crippen LogP contribution in [0.5, 0.6) is 0 Å². The molecule has 4 aliphatic rings. The van der Waals surface area contributed by atoms with Crippen molar-refractivity contribution in [3.63, 3.8) is 0 Å². The van der Waals surface area contributed by atoms with Gasteiger partial charge in [-0.25, -0.2) is 19.6 Å². The fourth-order valence-electron chi connectivity index (χ4n) is 14.3. The van der Waals surface area contributed by atoms with Crippen molar-refractivity contribution < 1.29 is 38.2 Å². The molecule has 10 atom stereocenters. The van der Waals surface area contributed by atoms with Crippen LogP contribution in [-0.2, 0) is 39.5 Å². The largest absolute Gasteiger partial charge is 0.380 e. The Morgan fingerprint density at radius 2 is 1.05 bits per heavy atom. The van der Waals surface area contributed by atoms with Crippen LogP contribution in [0.3, 0.4) is 0 Å². The molecule has 20 nitrogen and oxygen atoms in total. The maximum Gasteiger partial charge on any atom is 0.318 e. The molecule has 4 fully saturated rings. The number of urea groups is 2. The first-order chi connectivity index (χ1) is 44.0. The van der Waals surface area contributed by atoms with Gasteiger partial charge < -0.3 is 61.1 Å². The van der Waals surface area contributed by atoms with E-state index in [-0.39, 0.29) is 66.2 Å². The van der Waals surface area contributed by atoms with E-state index in [1.165, 1.54) is 4.90 Å². The molecule has 10 rings (SSSR count). The second-order valence-electron chi connectivity index (χ2n) is 29.2. The molecule has 0 spiro atoms. The number of hydrogen-bond acceptors (Lipinski definition) is 10. The third-order valence-corrected chi connectivity index (χ3v) is 21.0.